The molecule has 3 heterocycles. The van der Waals surface area contributed by atoms with Crippen LogP contribution in [0.15, 0.2) is 132 Å². The highest BCUT2D eigenvalue weighted by atomic mass is 19.4. The number of Topliss-reactive ketones (excluding diaryl/α,β-unsaturated/α-hetero) is 1. The number of aromatic nitrogens is 1. The molecule has 69 heavy (non-hydrogen) atoms. The fourth-order valence-corrected chi connectivity index (χ4v) is 7.76. The van der Waals surface area contributed by atoms with Gasteiger partial charge in [-0.2, -0.15) is 13.2 Å². The Kier molecular flexibility index (Phi) is 15.1. The van der Waals surface area contributed by atoms with Crippen molar-refractivity contribution in [3.8, 4) is 11.5 Å². The molecule has 16 heteroatoms. The minimum absolute atomic E-state index is 0.0164. The number of nitrogens with one attached hydrogen (secondary N) is 2. The predicted molar refractivity (Wildman–Crippen MR) is 247 cm³/mol. The molecular weight excluding hydrogens is 902 g/mol. The highest BCUT2D eigenvalue weighted by molar-refractivity contribution is 6.00. The number of carbonyl (C=O) groups excluding carboxylic acids is 4. The molecule has 0 radical (unpaired) electrons. The van der Waals surface area contributed by atoms with Crippen LogP contribution < -0.4 is 25.7 Å². The van der Waals surface area contributed by atoms with Crippen molar-refractivity contribution in [1.82, 2.24) is 4.57 Å². The van der Waals surface area contributed by atoms with E-state index in [0.29, 0.717) is 34.7 Å². The number of alkyl halides is 3. The fraction of sp³-hybridized carbons (Fsp3) is 0.264. The molecule has 0 saturated carbocycles. The third kappa shape index (κ3) is 13.5. The largest absolute Gasteiger partial charge is 0.493 e. The van der Waals surface area contributed by atoms with E-state index in [1.807, 2.05) is 26.8 Å². The lowest BCUT2D eigenvalue weighted by Gasteiger charge is -2.23. The van der Waals surface area contributed by atoms with Gasteiger partial charge in [-0.25, -0.2) is 8.78 Å². The normalized spacial score (nSPS) is 13.7. The lowest BCUT2D eigenvalue weighted by atomic mass is 9.92. The van der Waals surface area contributed by atoms with E-state index in [0.717, 1.165) is 34.5 Å². The van der Waals surface area contributed by atoms with E-state index >= 15 is 0 Å². The summed E-state index contributed by atoms with van der Waals surface area (Å²) in [5, 5.41) is 5.54. The van der Waals surface area contributed by atoms with Crippen LogP contribution in [0, 0.1) is 11.6 Å². The van der Waals surface area contributed by atoms with Gasteiger partial charge in [-0.15, -0.1) is 0 Å². The summed E-state index contributed by atoms with van der Waals surface area (Å²) in [7, 11) is 0. The molecule has 2 aliphatic heterocycles. The van der Waals surface area contributed by atoms with Crippen LogP contribution in [0.2, 0.25) is 0 Å². The fourth-order valence-electron chi connectivity index (χ4n) is 7.76. The van der Waals surface area contributed by atoms with Crippen LogP contribution >= 0.6 is 0 Å². The number of nitrogens with zero attached hydrogens (tertiary/aromatic N) is 1. The van der Waals surface area contributed by atoms with Crippen molar-refractivity contribution < 1.29 is 55.3 Å². The Hall–Kier alpha value is -7.62. The van der Waals surface area contributed by atoms with Gasteiger partial charge in [0.1, 0.15) is 28.7 Å². The van der Waals surface area contributed by atoms with Crippen LogP contribution in [0.4, 0.5) is 33.3 Å². The molecule has 0 saturated heterocycles. The van der Waals surface area contributed by atoms with Crippen LogP contribution in [0.1, 0.15) is 89.2 Å². The zero-order valence-electron chi connectivity index (χ0n) is 37.8. The highest BCUT2D eigenvalue weighted by Gasteiger charge is 2.30. The Morgan fingerprint density at radius 1 is 0.652 bits per heavy atom. The van der Waals surface area contributed by atoms with Gasteiger partial charge in [-0.05, 0) is 109 Å². The van der Waals surface area contributed by atoms with Crippen LogP contribution in [-0.2, 0) is 44.7 Å². The molecule has 2 N–H and O–H groups in total. The molecule has 5 aromatic carbocycles. The van der Waals surface area contributed by atoms with E-state index in [1.165, 1.54) is 59.3 Å². The second-order valence-corrected chi connectivity index (χ2v) is 17.7. The molecule has 11 nitrogen and oxygen atoms in total. The van der Waals surface area contributed by atoms with E-state index in [2.05, 4.69) is 10.6 Å². The third-order valence-electron chi connectivity index (χ3n) is 11.2. The van der Waals surface area contributed by atoms with Gasteiger partial charge in [-0.3, -0.25) is 24.0 Å². The van der Waals surface area contributed by atoms with Crippen molar-refractivity contribution in [2.24, 2.45) is 0 Å². The van der Waals surface area contributed by atoms with E-state index in [4.69, 9.17) is 14.2 Å². The number of hydrogen-bond acceptors (Lipinski definition) is 8. The number of ether oxygens (including phenoxy) is 3. The smallest absolute Gasteiger partial charge is 0.416 e. The van der Waals surface area contributed by atoms with Crippen LogP contribution in [0.25, 0.3) is 0 Å². The monoisotopic (exact) mass is 949 g/mol. The van der Waals surface area contributed by atoms with Gasteiger partial charge in [-0.1, -0.05) is 48.5 Å². The first-order valence-corrected chi connectivity index (χ1v) is 22.0. The van der Waals surface area contributed by atoms with Crippen molar-refractivity contribution in [3.63, 3.8) is 0 Å². The number of ketones is 1. The number of halogens is 5. The average Bonchev–Trinajstić information content (AvgIpc) is 3.86. The summed E-state index contributed by atoms with van der Waals surface area (Å²) < 4.78 is 84.1. The molecule has 0 fully saturated rings. The summed E-state index contributed by atoms with van der Waals surface area (Å²) in [5.41, 5.74) is 3.04. The molecule has 8 rings (SSSR count). The molecular formula is C53H48F5N3O8. The Balaban J connectivity index is 0.000000219. The van der Waals surface area contributed by atoms with Gasteiger partial charge < -0.3 is 29.4 Å². The topological polar surface area (TPSA) is 142 Å². The quantitative estimate of drug-likeness (QED) is 0.0589. The second kappa shape index (κ2) is 21.1. The molecule has 2 atom stereocenters. The number of anilines is 2. The molecule has 358 valence electrons. The number of hydrogen-bond donors (Lipinski definition) is 2. The standard InChI is InChI=1S/C31H24F4N2O4.C22H24FNO4/c32-24-10-5-20(6-11-24)22(18-41-25-12-7-21-15-29(39)36-27(21)16-25)14-28(38)26-2-1-13-37(30(26)40)17-19-3-8-23(9-4-19)31(33,34)35;1-22(2,3)28-21(26)11-16(14-4-7-17(23)8-5-14)13-27-18-9-6-15-10-20(25)24-19(15)12-18/h1-13,16,22H,14-15,17-18H2,(H,36,39);4-9,12,16H,10-11,13H2,1-3H3,(H,24,25)/t22-;16-/m00/s1. The summed E-state index contributed by atoms with van der Waals surface area (Å²) in [6.07, 6.45) is -2.35. The maximum Gasteiger partial charge on any atom is 0.416 e. The van der Waals surface area contributed by atoms with Crippen molar-refractivity contribution in [3.05, 3.63) is 188 Å². The average molecular weight is 950 g/mol. The van der Waals surface area contributed by atoms with E-state index < -0.39 is 40.4 Å². The van der Waals surface area contributed by atoms with Gasteiger partial charge >= 0.3 is 12.1 Å². The Labute approximate surface area is 394 Å². The molecule has 0 unspecified atom stereocenters. The minimum atomic E-state index is -4.47. The lowest BCUT2D eigenvalue weighted by molar-refractivity contribution is -0.155. The maximum atomic E-state index is 13.6. The van der Waals surface area contributed by atoms with Gasteiger partial charge in [0.05, 0.1) is 50.1 Å². The summed E-state index contributed by atoms with van der Waals surface area (Å²) >= 11 is 0. The van der Waals surface area contributed by atoms with Crippen LogP contribution in [-0.4, -0.2) is 46.9 Å². The van der Waals surface area contributed by atoms with Crippen molar-refractivity contribution in [2.75, 3.05) is 23.8 Å². The number of pyridine rings is 1. The first kappa shape index (κ1) is 49.3. The predicted octanol–water partition coefficient (Wildman–Crippen LogP) is 10.2. The maximum absolute atomic E-state index is 13.6. The van der Waals surface area contributed by atoms with Crippen LogP contribution in [0.5, 0.6) is 11.5 Å². The van der Waals surface area contributed by atoms with Gasteiger partial charge in [0.15, 0.2) is 5.78 Å². The molecule has 6 aromatic rings. The Morgan fingerprint density at radius 3 is 1.62 bits per heavy atom. The number of fused-ring (bicyclic) bond motifs is 2. The Morgan fingerprint density at radius 2 is 1.14 bits per heavy atom. The first-order valence-electron chi connectivity index (χ1n) is 22.0. The Bertz CT molecular complexity index is 2890. The number of esters is 1. The van der Waals surface area contributed by atoms with Crippen molar-refractivity contribution in [1.29, 1.82) is 0 Å². The van der Waals surface area contributed by atoms with Crippen molar-refractivity contribution in [2.45, 2.75) is 76.6 Å². The summed E-state index contributed by atoms with van der Waals surface area (Å²) in [4.78, 5) is 62.0. The lowest BCUT2D eigenvalue weighted by Crippen LogP contribution is -2.27. The van der Waals surface area contributed by atoms with E-state index in [-0.39, 0.29) is 74.1 Å². The molecule has 2 amide bonds. The summed E-state index contributed by atoms with van der Waals surface area (Å²) in [6, 6.07) is 29.7. The summed E-state index contributed by atoms with van der Waals surface area (Å²) in [6.45, 7) is 5.68. The molecule has 0 spiro atoms. The van der Waals surface area contributed by atoms with E-state index in [9.17, 15) is 45.9 Å². The number of amides is 2. The number of carbonyl (C=O) groups is 4. The van der Waals surface area contributed by atoms with Gasteiger partial charge in [0.2, 0.25) is 11.8 Å². The minimum Gasteiger partial charge on any atom is -0.493 e. The zero-order chi connectivity index (χ0) is 49.5. The second-order valence-electron chi connectivity index (χ2n) is 17.7. The highest BCUT2D eigenvalue weighted by Crippen LogP contribution is 2.32. The number of benzene rings is 5. The SMILES string of the molecule is CC(C)(C)OC(=O)C[C@@H](COc1ccc2c(c1)NC(=O)C2)c1ccc(F)cc1.O=C1Cc2ccc(OC[C@H](CC(=O)c3cccn(Cc4ccc(C(F)(F)F)cc4)c3=O)c3ccc(F)cc3)cc2N1. The third-order valence-corrected chi connectivity index (χ3v) is 11.2. The number of rotatable bonds is 15. The van der Waals surface area contributed by atoms with E-state index in [1.54, 1.807) is 54.6 Å². The van der Waals surface area contributed by atoms with Crippen molar-refractivity contribution >= 4 is 34.9 Å². The molecule has 2 aliphatic rings. The van der Waals surface area contributed by atoms with Gasteiger partial charge in [0.25, 0.3) is 5.56 Å². The molecule has 0 bridgehead atoms. The summed E-state index contributed by atoms with van der Waals surface area (Å²) in [5.74, 6) is -1.49. The van der Waals surface area contributed by atoms with Gasteiger partial charge in [0, 0.05) is 48.0 Å². The molecule has 0 aliphatic carbocycles. The first-order chi connectivity index (χ1) is 32.8. The zero-order valence-corrected chi connectivity index (χ0v) is 37.8. The van der Waals surface area contributed by atoms with Crippen LogP contribution in [0.3, 0.4) is 0 Å². The molecule has 1 aromatic heterocycles.